The highest BCUT2D eigenvalue weighted by atomic mass is 35.5. The standard InChI is InChI=1S/C25H24ClN3O4/c1-15-12-18(13-22(32-3)23(15)33-4)25(31)28-16(2)27-19-10-11-20(26)21(14-19)29-24(30)17-8-6-5-7-9-17/h5-14,27H,2H2,1,3-4H3,(H,28,31)(H,29,30). The fraction of sp³-hybridized carbons (Fsp3) is 0.120. The summed E-state index contributed by atoms with van der Waals surface area (Å²) in [5.74, 6) is 0.610. The molecule has 0 spiro atoms. The molecule has 3 N–H and O–H groups in total. The largest absolute Gasteiger partial charge is 0.493 e. The molecule has 3 rings (SSSR count). The molecule has 8 heteroatoms. The van der Waals surface area contributed by atoms with Crippen LogP contribution in [0, 0.1) is 6.92 Å². The van der Waals surface area contributed by atoms with Gasteiger partial charge in [0.15, 0.2) is 11.5 Å². The number of hydrogen-bond donors (Lipinski definition) is 3. The third-order valence-electron chi connectivity index (χ3n) is 4.74. The molecule has 0 atom stereocenters. The van der Waals surface area contributed by atoms with E-state index in [1.54, 1.807) is 61.7 Å². The zero-order chi connectivity index (χ0) is 24.0. The molecule has 2 amide bonds. The van der Waals surface area contributed by atoms with Gasteiger partial charge in [-0.25, -0.2) is 0 Å². The molecule has 170 valence electrons. The van der Waals surface area contributed by atoms with Crippen molar-refractivity contribution in [3.63, 3.8) is 0 Å². The minimum absolute atomic E-state index is 0.245. The number of hydrogen-bond acceptors (Lipinski definition) is 5. The zero-order valence-electron chi connectivity index (χ0n) is 18.5. The molecule has 0 bridgehead atoms. The van der Waals surface area contributed by atoms with E-state index in [0.717, 1.165) is 5.56 Å². The van der Waals surface area contributed by atoms with Crippen molar-refractivity contribution in [2.24, 2.45) is 0 Å². The molecule has 3 aromatic carbocycles. The first kappa shape index (κ1) is 23.7. The Balaban J connectivity index is 1.69. The molecule has 0 radical (unpaired) electrons. The highest BCUT2D eigenvalue weighted by Gasteiger charge is 2.15. The summed E-state index contributed by atoms with van der Waals surface area (Å²) < 4.78 is 10.6. The van der Waals surface area contributed by atoms with Crippen molar-refractivity contribution in [1.29, 1.82) is 0 Å². The molecule has 0 aliphatic heterocycles. The number of halogens is 1. The molecule has 0 aliphatic carbocycles. The van der Waals surface area contributed by atoms with Crippen LogP contribution in [0.3, 0.4) is 0 Å². The summed E-state index contributed by atoms with van der Waals surface area (Å²) in [5, 5.41) is 8.85. The van der Waals surface area contributed by atoms with Crippen molar-refractivity contribution in [1.82, 2.24) is 5.32 Å². The van der Waals surface area contributed by atoms with E-state index in [0.29, 0.717) is 39.0 Å². The second-order valence-electron chi connectivity index (χ2n) is 7.10. The molecule has 33 heavy (non-hydrogen) atoms. The quantitative estimate of drug-likeness (QED) is 0.424. The first-order valence-corrected chi connectivity index (χ1v) is 10.4. The van der Waals surface area contributed by atoms with E-state index in [4.69, 9.17) is 21.1 Å². The molecule has 3 aromatic rings. The van der Waals surface area contributed by atoms with Crippen molar-refractivity contribution in [2.45, 2.75) is 6.92 Å². The monoisotopic (exact) mass is 465 g/mol. The maximum Gasteiger partial charge on any atom is 0.256 e. The van der Waals surface area contributed by atoms with Gasteiger partial charge in [0.2, 0.25) is 0 Å². The van der Waals surface area contributed by atoms with Crippen LogP contribution < -0.4 is 25.4 Å². The lowest BCUT2D eigenvalue weighted by Crippen LogP contribution is -2.26. The maximum atomic E-state index is 12.7. The number of carbonyl (C=O) groups is 2. The number of rotatable bonds is 8. The second kappa shape index (κ2) is 10.6. The molecule has 0 unspecified atom stereocenters. The average molecular weight is 466 g/mol. The summed E-state index contributed by atoms with van der Waals surface area (Å²) in [5.41, 5.74) is 2.66. The Hall–Kier alpha value is -3.97. The Morgan fingerprint density at radius 2 is 1.61 bits per heavy atom. The highest BCUT2D eigenvalue weighted by Crippen LogP contribution is 2.32. The summed E-state index contributed by atoms with van der Waals surface area (Å²) in [4.78, 5) is 25.1. The van der Waals surface area contributed by atoms with E-state index in [1.807, 2.05) is 13.0 Å². The maximum absolute atomic E-state index is 12.7. The normalized spacial score (nSPS) is 10.2. The van der Waals surface area contributed by atoms with E-state index in [1.165, 1.54) is 7.11 Å². The summed E-state index contributed by atoms with van der Waals surface area (Å²) in [6, 6.07) is 17.1. The Bertz CT molecular complexity index is 1200. The number of amides is 2. The first-order chi connectivity index (χ1) is 15.8. The number of carbonyl (C=O) groups excluding carboxylic acids is 2. The molecule has 0 aliphatic rings. The van der Waals surface area contributed by atoms with Crippen molar-refractivity contribution < 1.29 is 19.1 Å². The lowest BCUT2D eigenvalue weighted by Gasteiger charge is -2.15. The van der Waals surface area contributed by atoms with Crippen LogP contribution >= 0.6 is 11.6 Å². The van der Waals surface area contributed by atoms with Gasteiger partial charge >= 0.3 is 0 Å². The van der Waals surface area contributed by atoms with Gasteiger partial charge in [0.05, 0.1) is 24.9 Å². The van der Waals surface area contributed by atoms with Gasteiger partial charge in [-0.3, -0.25) is 9.59 Å². The number of benzene rings is 3. The molecular formula is C25H24ClN3O4. The molecule has 7 nitrogen and oxygen atoms in total. The predicted octanol–water partition coefficient (Wildman–Crippen LogP) is 5.23. The van der Waals surface area contributed by atoms with Crippen LogP contribution in [0.2, 0.25) is 5.02 Å². The lowest BCUT2D eigenvalue weighted by molar-refractivity contribution is 0.0965. The predicted molar refractivity (Wildman–Crippen MR) is 130 cm³/mol. The topological polar surface area (TPSA) is 88.7 Å². The van der Waals surface area contributed by atoms with Crippen LogP contribution in [0.4, 0.5) is 11.4 Å². The van der Waals surface area contributed by atoms with Crippen molar-refractivity contribution in [2.75, 3.05) is 24.9 Å². The zero-order valence-corrected chi connectivity index (χ0v) is 19.2. The van der Waals surface area contributed by atoms with Crippen LogP contribution in [0.15, 0.2) is 73.1 Å². The molecule has 0 heterocycles. The van der Waals surface area contributed by atoms with Gasteiger partial charge in [0.25, 0.3) is 11.8 Å². The second-order valence-corrected chi connectivity index (χ2v) is 7.51. The van der Waals surface area contributed by atoms with E-state index >= 15 is 0 Å². The van der Waals surface area contributed by atoms with Gasteiger partial charge in [-0.2, -0.15) is 0 Å². The molecule has 0 saturated heterocycles. The molecular weight excluding hydrogens is 442 g/mol. The van der Waals surface area contributed by atoms with Crippen molar-refractivity contribution in [3.8, 4) is 11.5 Å². The van der Waals surface area contributed by atoms with E-state index in [-0.39, 0.29) is 17.6 Å². The van der Waals surface area contributed by atoms with Crippen LogP contribution in [0.5, 0.6) is 11.5 Å². The third kappa shape index (κ3) is 5.84. The van der Waals surface area contributed by atoms with Gasteiger partial charge in [0, 0.05) is 16.8 Å². The Morgan fingerprint density at radius 1 is 0.879 bits per heavy atom. The van der Waals surface area contributed by atoms with Crippen molar-refractivity contribution in [3.05, 3.63) is 94.8 Å². The fourth-order valence-electron chi connectivity index (χ4n) is 3.18. The van der Waals surface area contributed by atoms with E-state index < -0.39 is 0 Å². The van der Waals surface area contributed by atoms with E-state index in [2.05, 4.69) is 22.5 Å². The van der Waals surface area contributed by atoms with Gasteiger partial charge in [-0.15, -0.1) is 0 Å². The minimum Gasteiger partial charge on any atom is -0.493 e. The summed E-state index contributed by atoms with van der Waals surface area (Å²) in [7, 11) is 3.05. The van der Waals surface area contributed by atoms with Crippen LogP contribution in [-0.2, 0) is 0 Å². The number of ether oxygens (including phenoxy) is 2. The van der Waals surface area contributed by atoms with Gasteiger partial charge in [0.1, 0.15) is 5.82 Å². The van der Waals surface area contributed by atoms with Crippen molar-refractivity contribution >= 4 is 34.8 Å². The Labute approximate surface area is 197 Å². The number of anilines is 2. The lowest BCUT2D eigenvalue weighted by atomic mass is 10.1. The Morgan fingerprint density at radius 3 is 2.27 bits per heavy atom. The number of aryl methyl sites for hydroxylation is 1. The summed E-state index contributed by atoms with van der Waals surface area (Å²) >= 11 is 6.24. The SMILES string of the molecule is C=C(NC(=O)c1cc(C)c(OC)c(OC)c1)Nc1ccc(Cl)c(NC(=O)c2ccccc2)c1. The van der Waals surface area contributed by atoms with Gasteiger partial charge in [-0.05, 0) is 55.0 Å². The first-order valence-electron chi connectivity index (χ1n) is 9.98. The van der Waals surface area contributed by atoms with Crippen LogP contribution in [0.1, 0.15) is 26.3 Å². The fourth-order valence-corrected chi connectivity index (χ4v) is 3.35. The smallest absolute Gasteiger partial charge is 0.256 e. The van der Waals surface area contributed by atoms with Crippen LogP contribution in [0.25, 0.3) is 0 Å². The van der Waals surface area contributed by atoms with Gasteiger partial charge in [-0.1, -0.05) is 36.4 Å². The van der Waals surface area contributed by atoms with Gasteiger partial charge < -0.3 is 25.4 Å². The molecule has 0 saturated carbocycles. The molecule has 0 fully saturated rings. The number of methoxy groups -OCH3 is 2. The van der Waals surface area contributed by atoms with Crippen LogP contribution in [-0.4, -0.2) is 26.0 Å². The summed E-state index contributed by atoms with van der Waals surface area (Å²) in [6.45, 7) is 5.68. The average Bonchev–Trinajstić information content (AvgIpc) is 2.81. The third-order valence-corrected chi connectivity index (χ3v) is 5.07. The number of nitrogens with one attached hydrogen (secondary N) is 3. The van der Waals surface area contributed by atoms with E-state index in [9.17, 15) is 9.59 Å². The summed E-state index contributed by atoms with van der Waals surface area (Å²) in [6.07, 6.45) is 0. The molecule has 0 aromatic heterocycles. The minimum atomic E-state index is -0.372. The Kier molecular flexibility index (Phi) is 7.58. The highest BCUT2D eigenvalue weighted by molar-refractivity contribution is 6.34.